The van der Waals surface area contributed by atoms with Crippen LogP contribution in [0.5, 0.6) is 5.75 Å². The summed E-state index contributed by atoms with van der Waals surface area (Å²) >= 11 is 7.36. The van der Waals surface area contributed by atoms with Crippen LogP contribution >= 0.6 is 22.9 Å². The van der Waals surface area contributed by atoms with Gasteiger partial charge >= 0.3 is 5.97 Å². The van der Waals surface area contributed by atoms with Crippen molar-refractivity contribution in [2.24, 2.45) is 0 Å². The summed E-state index contributed by atoms with van der Waals surface area (Å²) in [6.07, 6.45) is 0. The predicted octanol–water partition coefficient (Wildman–Crippen LogP) is 4.29. The van der Waals surface area contributed by atoms with Crippen LogP contribution in [-0.2, 0) is 4.79 Å². The Labute approximate surface area is 168 Å². The molecule has 1 N–H and O–H groups in total. The first-order valence-corrected chi connectivity index (χ1v) is 9.45. The van der Waals surface area contributed by atoms with Crippen molar-refractivity contribution in [3.63, 3.8) is 0 Å². The highest BCUT2D eigenvalue weighted by atomic mass is 35.5. The second kappa shape index (κ2) is 7.41. The van der Waals surface area contributed by atoms with Gasteiger partial charge in [-0.25, -0.2) is 4.52 Å². The Morgan fingerprint density at radius 1 is 1.18 bits per heavy atom. The van der Waals surface area contributed by atoms with Crippen molar-refractivity contribution in [2.45, 2.75) is 6.92 Å². The summed E-state index contributed by atoms with van der Waals surface area (Å²) in [6, 6.07) is 13.7. The topological polar surface area (TPSA) is 85.6 Å². The molecular weight excluding hydrogens is 400 g/mol. The maximum Gasteiger partial charge on any atom is 0.308 e. The van der Waals surface area contributed by atoms with Gasteiger partial charge in [-0.2, -0.15) is 4.98 Å². The molecule has 0 saturated heterocycles. The van der Waals surface area contributed by atoms with Crippen LogP contribution in [0.4, 0.5) is 5.95 Å². The molecule has 0 unspecified atom stereocenters. The summed E-state index contributed by atoms with van der Waals surface area (Å²) in [5.41, 5.74) is 2.11. The molecule has 0 atom stereocenters. The van der Waals surface area contributed by atoms with E-state index in [1.54, 1.807) is 34.8 Å². The lowest BCUT2D eigenvalue weighted by atomic mass is 10.2. The van der Waals surface area contributed by atoms with Crippen LogP contribution in [0.15, 0.2) is 53.9 Å². The summed E-state index contributed by atoms with van der Waals surface area (Å²) in [5, 5.41) is 9.63. The van der Waals surface area contributed by atoms with Gasteiger partial charge in [-0.15, -0.1) is 16.4 Å². The van der Waals surface area contributed by atoms with Crippen LogP contribution in [-0.4, -0.2) is 26.5 Å². The Balaban J connectivity index is 1.58. The first-order chi connectivity index (χ1) is 13.5. The molecule has 4 rings (SSSR count). The Morgan fingerprint density at radius 2 is 1.96 bits per heavy atom. The number of ether oxygens (including phenoxy) is 1. The number of hydrogen-bond acceptors (Lipinski definition) is 6. The number of nitrogens with zero attached hydrogens (tertiary/aromatic N) is 3. The lowest BCUT2D eigenvalue weighted by Crippen LogP contribution is -2.13. The smallest absolute Gasteiger partial charge is 0.308 e. The summed E-state index contributed by atoms with van der Waals surface area (Å²) in [4.78, 5) is 28.5. The minimum Gasteiger partial charge on any atom is -0.427 e. The third-order valence-electron chi connectivity index (χ3n) is 3.80. The monoisotopic (exact) mass is 412 g/mol. The van der Waals surface area contributed by atoms with Crippen molar-refractivity contribution in [1.29, 1.82) is 0 Å². The Kier molecular flexibility index (Phi) is 4.81. The lowest BCUT2D eigenvalue weighted by molar-refractivity contribution is -0.131. The molecule has 0 fully saturated rings. The molecule has 9 heteroatoms. The first kappa shape index (κ1) is 18.1. The molecule has 0 aliphatic heterocycles. The van der Waals surface area contributed by atoms with Crippen LogP contribution in [0.2, 0.25) is 5.02 Å². The van der Waals surface area contributed by atoms with Gasteiger partial charge in [0.1, 0.15) is 5.75 Å². The lowest BCUT2D eigenvalue weighted by Gasteiger charge is -2.04. The molecule has 0 bridgehead atoms. The molecule has 1 amide bonds. The van der Waals surface area contributed by atoms with Crippen LogP contribution in [0.25, 0.3) is 16.2 Å². The Bertz CT molecular complexity index is 1180. The van der Waals surface area contributed by atoms with E-state index in [0.29, 0.717) is 21.3 Å². The van der Waals surface area contributed by atoms with E-state index >= 15 is 0 Å². The summed E-state index contributed by atoms with van der Waals surface area (Å²) in [7, 11) is 0. The fourth-order valence-corrected chi connectivity index (χ4v) is 3.55. The number of aromatic nitrogens is 3. The standard InChI is InChI=1S/C19H13ClN4O3S/c1-11(25)27-15-4-2-3-13(9-15)17(26)21-18-22-19-24(23-18)16(10-28-19)12-5-7-14(20)8-6-12/h2-10H,1H3,(H,21,23,26). The molecule has 28 heavy (non-hydrogen) atoms. The van der Waals surface area contributed by atoms with Gasteiger partial charge in [0.25, 0.3) is 11.9 Å². The fourth-order valence-electron chi connectivity index (χ4n) is 2.59. The van der Waals surface area contributed by atoms with Crippen LogP contribution in [0.1, 0.15) is 17.3 Å². The van der Waals surface area contributed by atoms with E-state index in [1.165, 1.54) is 24.3 Å². The van der Waals surface area contributed by atoms with E-state index in [0.717, 1.165) is 11.3 Å². The van der Waals surface area contributed by atoms with Crippen molar-refractivity contribution in [2.75, 3.05) is 5.32 Å². The van der Waals surface area contributed by atoms with Gasteiger partial charge in [0.05, 0.1) is 5.69 Å². The molecule has 2 aromatic heterocycles. The molecule has 0 radical (unpaired) electrons. The highest BCUT2D eigenvalue weighted by Gasteiger charge is 2.15. The number of rotatable bonds is 4. The van der Waals surface area contributed by atoms with E-state index in [9.17, 15) is 9.59 Å². The number of carbonyl (C=O) groups excluding carboxylic acids is 2. The maximum absolute atomic E-state index is 12.5. The first-order valence-electron chi connectivity index (χ1n) is 8.19. The molecule has 2 heterocycles. The molecule has 0 aliphatic rings. The van der Waals surface area contributed by atoms with Crippen molar-refractivity contribution in [3.05, 3.63) is 64.5 Å². The quantitative estimate of drug-likeness (QED) is 0.399. The minimum absolute atomic E-state index is 0.185. The van der Waals surface area contributed by atoms with Gasteiger partial charge in [-0.3, -0.25) is 14.9 Å². The number of carbonyl (C=O) groups is 2. The van der Waals surface area contributed by atoms with Gasteiger partial charge in [-0.1, -0.05) is 29.8 Å². The van der Waals surface area contributed by atoms with E-state index in [1.807, 2.05) is 17.5 Å². The Morgan fingerprint density at radius 3 is 2.71 bits per heavy atom. The zero-order valence-corrected chi connectivity index (χ0v) is 16.1. The fraction of sp³-hybridized carbons (Fsp3) is 0.0526. The summed E-state index contributed by atoms with van der Waals surface area (Å²) < 4.78 is 6.67. The molecule has 4 aromatic rings. The largest absolute Gasteiger partial charge is 0.427 e. The number of thiazole rings is 1. The number of hydrogen-bond donors (Lipinski definition) is 1. The van der Waals surface area contributed by atoms with Gasteiger partial charge in [0, 0.05) is 28.5 Å². The van der Waals surface area contributed by atoms with E-state index < -0.39 is 11.9 Å². The van der Waals surface area contributed by atoms with E-state index in [2.05, 4.69) is 15.4 Å². The number of fused-ring (bicyclic) bond motifs is 1. The number of halogens is 1. The third kappa shape index (κ3) is 3.73. The predicted molar refractivity (Wildman–Crippen MR) is 107 cm³/mol. The molecule has 7 nitrogen and oxygen atoms in total. The summed E-state index contributed by atoms with van der Waals surface area (Å²) in [5.74, 6) is -0.377. The van der Waals surface area contributed by atoms with Gasteiger partial charge < -0.3 is 4.74 Å². The van der Waals surface area contributed by atoms with Crippen molar-refractivity contribution in [1.82, 2.24) is 14.6 Å². The number of anilines is 1. The zero-order valence-electron chi connectivity index (χ0n) is 14.5. The van der Waals surface area contributed by atoms with Crippen LogP contribution in [0.3, 0.4) is 0 Å². The zero-order chi connectivity index (χ0) is 19.7. The van der Waals surface area contributed by atoms with Crippen LogP contribution < -0.4 is 10.1 Å². The van der Waals surface area contributed by atoms with Crippen molar-refractivity contribution < 1.29 is 14.3 Å². The van der Waals surface area contributed by atoms with E-state index in [-0.39, 0.29) is 5.95 Å². The van der Waals surface area contributed by atoms with Crippen molar-refractivity contribution >= 4 is 45.7 Å². The minimum atomic E-state index is -0.455. The number of benzene rings is 2. The number of nitrogens with one attached hydrogen (secondary N) is 1. The maximum atomic E-state index is 12.5. The highest BCUT2D eigenvalue weighted by molar-refractivity contribution is 7.15. The average molecular weight is 413 g/mol. The van der Waals surface area contributed by atoms with Gasteiger partial charge in [-0.05, 0) is 30.3 Å². The van der Waals surface area contributed by atoms with E-state index in [4.69, 9.17) is 16.3 Å². The molecule has 0 aliphatic carbocycles. The normalized spacial score (nSPS) is 10.8. The molecule has 0 spiro atoms. The SMILES string of the molecule is CC(=O)Oc1cccc(C(=O)Nc2nc3scc(-c4ccc(Cl)cc4)n3n2)c1. The average Bonchev–Trinajstić information content (AvgIpc) is 3.22. The summed E-state index contributed by atoms with van der Waals surface area (Å²) in [6.45, 7) is 1.30. The number of amides is 1. The van der Waals surface area contributed by atoms with Gasteiger partial charge in [0.2, 0.25) is 4.96 Å². The van der Waals surface area contributed by atoms with Crippen LogP contribution in [0, 0.1) is 0 Å². The second-order valence-corrected chi connectivity index (χ2v) is 7.11. The number of esters is 1. The highest BCUT2D eigenvalue weighted by Crippen LogP contribution is 2.27. The molecule has 0 saturated carbocycles. The molecular formula is C19H13ClN4O3S. The second-order valence-electron chi connectivity index (χ2n) is 5.83. The third-order valence-corrected chi connectivity index (χ3v) is 4.87. The molecule has 2 aromatic carbocycles. The molecule has 140 valence electrons. The Hall–Kier alpha value is -3.23. The van der Waals surface area contributed by atoms with Crippen molar-refractivity contribution in [3.8, 4) is 17.0 Å². The van der Waals surface area contributed by atoms with Gasteiger partial charge in [0.15, 0.2) is 0 Å².